The van der Waals surface area contributed by atoms with Gasteiger partial charge in [-0.05, 0) is 30.7 Å². The lowest BCUT2D eigenvalue weighted by Gasteiger charge is -2.22. The van der Waals surface area contributed by atoms with E-state index in [1.54, 1.807) is 0 Å². The van der Waals surface area contributed by atoms with Gasteiger partial charge in [0, 0.05) is 18.2 Å². The Morgan fingerprint density at radius 3 is 2.77 bits per heavy atom. The van der Waals surface area contributed by atoms with E-state index in [4.69, 9.17) is 15.2 Å². The van der Waals surface area contributed by atoms with Gasteiger partial charge in [-0.25, -0.2) is 0 Å². The molecule has 1 aromatic carbocycles. The predicted octanol–water partition coefficient (Wildman–Crippen LogP) is 1.05. The third-order valence-corrected chi connectivity index (χ3v) is 3.81. The van der Waals surface area contributed by atoms with Crippen LogP contribution in [0.3, 0.4) is 0 Å². The maximum absolute atomic E-state index is 9.21. The number of aliphatic hydroxyl groups excluding tert-OH is 1. The lowest BCUT2D eigenvalue weighted by Crippen LogP contribution is -2.20. The Bertz CT molecular complexity index is 654. The number of rotatable bonds is 5. The number of fused-ring (bicyclic) bond motifs is 1. The van der Waals surface area contributed by atoms with Gasteiger partial charge in [-0.2, -0.15) is 5.10 Å². The minimum Gasteiger partial charge on any atom is -0.486 e. The highest BCUT2D eigenvalue weighted by molar-refractivity contribution is 5.46. The molecule has 0 bridgehead atoms. The first kappa shape index (κ1) is 14.9. The van der Waals surface area contributed by atoms with E-state index in [-0.39, 0.29) is 12.5 Å². The van der Waals surface area contributed by atoms with Crippen LogP contribution in [0.5, 0.6) is 11.5 Å². The van der Waals surface area contributed by atoms with E-state index in [1.165, 1.54) is 0 Å². The summed E-state index contributed by atoms with van der Waals surface area (Å²) in [6.45, 7) is 4.04. The third-order valence-electron chi connectivity index (χ3n) is 3.81. The quantitative estimate of drug-likeness (QED) is 0.862. The first-order valence-corrected chi connectivity index (χ1v) is 7.47. The van der Waals surface area contributed by atoms with Gasteiger partial charge in [0.15, 0.2) is 11.5 Å². The molecule has 0 fully saturated rings. The van der Waals surface area contributed by atoms with E-state index in [2.05, 4.69) is 5.10 Å². The number of aromatic nitrogens is 2. The molecule has 1 aliphatic rings. The SMILES string of the molecule is Cc1cc(C(CN)c2ccc3c(c2)OCCO3)n(CCO)n1. The molecule has 2 heterocycles. The number of ether oxygens (including phenoxy) is 2. The van der Waals surface area contributed by atoms with Crippen molar-refractivity contribution in [2.75, 3.05) is 26.4 Å². The second-order valence-corrected chi connectivity index (χ2v) is 5.35. The molecule has 1 unspecified atom stereocenters. The Balaban J connectivity index is 1.97. The van der Waals surface area contributed by atoms with Crippen molar-refractivity contribution in [3.63, 3.8) is 0 Å². The number of aliphatic hydroxyl groups is 1. The normalized spacial score (nSPS) is 14.9. The molecule has 0 amide bonds. The maximum Gasteiger partial charge on any atom is 0.161 e. The van der Waals surface area contributed by atoms with Gasteiger partial charge >= 0.3 is 0 Å². The largest absolute Gasteiger partial charge is 0.486 e. The van der Waals surface area contributed by atoms with E-state index in [9.17, 15) is 5.11 Å². The molecule has 3 N–H and O–H groups in total. The van der Waals surface area contributed by atoms with Gasteiger partial charge in [0.05, 0.1) is 18.8 Å². The van der Waals surface area contributed by atoms with Crippen LogP contribution in [0.1, 0.15) is 22.9 Å². The second-order valence-electron chi connectivity index (χ2n) is 5.35. The summed E-state index contributed by atoms with van der Waals surface area (Å²) in [4.78, 5) is 0. The molecule has 2 aromatic rings. The molecule has 0 radical (unpaired) electrons. The fourth-order valence-corrected chi connectivity index (χ4v) is 2.82. The molecule has 0 saturated carbocycles. The van der Waals surface area contributed by atoms with Gasteiger partial charge < -0.3 is 20.3 Å². The zero-order valence-corrected chi connectivity index (χ0v) is 12.7. The van der Waals surface area contributed by atoms with E-state index < -0.39 is 0 Å². The highest BCUT2D eigenvalue weighted by atomic mass is 16.6. The highest BCUT2D eigenvalue weighted by Gasteiger charge is 2.21. The van der Waals surface area contributed by atoms with Crippen molar-refractivity contribution < 1.29 is 14.6 Å². The second kappa shape index (κ2) is 6.37. The third kappa shape index (κ3) is 2.80. The topological polar surface area (TPSA) is 82.5 Å². The number of benzene rings is 1. The van der Waals surface area contributed by atoms with E-state index in [1.807, 2.05) is 35.9 Å². The van der Waals surface area contributed by atoms with Crippen molar-refractivity contribution >= 4 is 0 Å². The van der Waals surface area contributed by atoms with Gasteiger partial charge in [-0.1, -0.05) is 6.07 Å². The fourth-order valence-electron chi connectivity index (χ4n) is 2.82. The number of hydrogen-bond acceptors (Lipinski definition) is 5. The minimum atomic E-state index is 0.00331. The lowest BCUT2D eigenvalue weighted by atomic mass is 9.95. The molecule has 6 nitrogen and oxygen atoms in total. The average Bonchev–Trinajstić information content (AvgIpc) is 2.89. The molecular formula is C16H21N3O3. The molecule has 118 valence electrons. The van der Waals surface area contributed by atoms with Crippen LogP contribution in [0.2, 0.25) is 0 Å². The van der Waals surface area contributed by atoms with Crippen LogP contribution in [0, 0.1) is 6.92 Å². The monoisotopic (exact) mass is 303 g/mol. The number of hydrogen-bond donors (Lipinski definition) is 2. The molecule has 0 aliphatic carbocycles. The van der Waals surface area contributed by atoms with Crippen LogP contribution < -0.4 is 15.2 Å². The van der Waals surface area contributed by atoms with Crippen LogP contribution in [-0.2, 0) is 6.54 Å². The molecule has 3 rings (SSSR count). The van der Waals surface area contributed by atoms with Crippen molar-refractivity contribution in [1.29, 1.82) is 0 Å². The van der Waals surface area contributed by atoms with Gasteiger partial charge in [0.1, 0.15) is 13.2 Å². The zero-order valence-electron chi connectivity index (χ0n) is 12.7. The minimum absolute atomic E-state index is 0.00331. The van der Waals surface area contributed by atoms with E-state index in [0.29, 0.717) is 26.3 Å². The van der Waals surface area contributed by atoms with Crippen molar-refractivity contribution in [3.05, 3.63) is 41.2 Å². The van der Waals surface area contributed by atoms with Gasteiger partial charge in [-0.3, -0.25) is 4.68 Å². The molecule has 6 heteroatoms. The molecule has 1 aromatic heterocycles. The van der Waals surface area contributed by atoms with Crippen LogP contribution in [0.15, 0.2) is 24.3 Å². The Kier molecular flexibility index (Phi) is 4.31. The van der Waals surface area contributed by atoms with E-state index >= 15 is 0 Å². The maximum atomic E-state index is 9.21. The summed E-state index contributed by atoms with van der Waals surface area (Å²) in [7, 11) is 0. The Labute approximate surface area is 129 Å². The van der Waals surface area contributed by atoms with Gasteiger partial charge in [0.25, 0.3) is 0 Å². The number of aryl methyl sites for hydroxylation is 1. The summed E-state index contributed by atoms with van der Waals surface area (Å²) in [6, 6.07) is 7.93. The summed E-state index contributed by atoms with van der Waals surface area (Å²) >= 11 is 0. The Morgan fingerprint density at radius 1 is 1.27 bits per heavy atom. The van der Waals surface area contributed by atoms with Crippen LogP contribution in [0.4, 0.5) is 0 Å². The van der Waals surface area contributed by atoms with Crippen molar-refractivity contribution in [3.8, 4) is 11.5 Å². The predicted molar refractivity (Wildman–Crippen MR) is 82.4 cm³/mol. The van der Waals surface area contributed by atoms with Crippen LogP contribution in [0.25, 0.3) is 0 Å². The Hall–Kier alpha value is -2.05. The standard InChI is InChI=1S/C16H21N3O3/c1-11-8-14(19(18-11)4-5-20)13(10-17)12-2-3-15-16(9-12)22-7-6-21-15/h2-3,8-9,13,20H,4-7,10,17H2,1H3. The fraction of sp³-hybridized carbons (Fsp3) is 0.438. The summed E-state index contributed by atoms with van der Waals surface area (Å²) in [6.07, 6.45) is 0. The summed E-state index contributed by atoms with van der Waals surface area (Å²) in [5, 5.41) is 13.6. The highest BCUT2D eigenvalue weighted by Crippen LogP contribution is 2.35. The summed E-state index contributed by atoms with van der Waals surface area (Å²) in [5.41, 5.74) is 8.99. The number of nitrogens with zero attached hydrogens (tertiary/aromatic N) is 2. The first-order valence-electron chi connectivity index (χ1n) is 7.47. The molecular weight excluding hydrogens is 282 g/mol. The van der Waals surface area contributed by atoms with Gasteiger partial charge in [0.2, 0.25) is 0 Å². The summed E-state index contributed by atoms with van der Waals surface area (Å²) < 4.78 is 13.0. The summed E-state index contributed by atoms with van der Waals surface area (Å²) in [5.74, 6) is 1.53. The number of nitrogens with two attached hydrogens (primary N) is 1. The lowest BCUT2D eigenvalue weighted by molar-refractivity contribution is 0.171. The van der Waals surface area contributed by atoms with Gasteiger partial charge in [-0.15, -0.1) is 0 Å². The average molecular weight is 303 g/mol. The zero-order chi connectivity index (χ0) is 15.5. The smallest absolute Gasteiger partial charge is 0.161 e. The van der Waals surface area contributed by atoms with Crippen molar-refractivity contribution in [1.82, 2.24) is 9.78 Å². The van der Waals surface area contributed by atoms with Crippen molar-refractivity contribution in [2.45, 2.75) is 19.4 Å². The van der Waals surface area contributed by atoms with Crippen molar-refractivity contribution in [2.24, 2.45) is 5.73 Å². The molecule has 0 spiro atoms. The molecule has 1 atom stereocenters. The first-order chi connectivity index (χ1) is 10.7. The van der Waals surface area contributed by atoms with E-state index in [0.717, 1.165) is 28.5 Å². The molecule has 1 aliphatic heterocycles. The van der Waals surface area contributed by atoms with Crippen LogP contribution in [-0.4, -0.2) is 41.3 Å². The molecule has 22 heavy (non-hydrogen) atoms. The van der Waals surface area contributed by atoms with Crippen LogP contribution >= 0.6 is 0 Å². The molecule has 0 saturated heterocycles. The Morgan fingerprint density at radius 2 is 2.05 bits per heavy atom.